The molecule has 2 atom stereocenters. The molecule has 34 heavy (non-hydrogen) atoms. The van der Waals surface area contributed by atoms with Crippen molar-refractivity contribution in [2.45, 2.75) is 115 Å². The van der Waals surface area contributed by atoms with Crippen LogP contribution >= 0.6 is 15.9 Å². The molecular formula is C24H46BrN3O4SSi. The molecule has 1 aliphatic rings. The number of halogens is 1. The van der Waals surface area contributed by atoms with E-state index in [1.165, 1.54) is 0 Å². The molecule has 0 bridgehead atoms. The van der Waals surface area contributed by atoms with Crippen molar-refractivity contribution in [2.75, 3.05) is 19.8 Å². The number of nitrogens with zero attached hydrogens (tertiary/aromatic N) is 2. The van der Waals surface area contributed by atoms with E-state index in [-0.39, 0.29) is 16.6 Å². The Balaban J connectivity index is 1.99. The molecule has 1 unspecified atom stereocenters. The van der Waals surface area contributed by atoms with E-state index in [4.69, 9.17) is 19.2 Å². The van der Waals surface area contributed by atoms with Gasteiger partial charge in [0.2, 0.25) is 0 Å². The normalized spacial score (nSPS) is 18.4. The molecule has 0 radical (unpaired) electrons. The molecule has 7 nitrogen and oxygen atoms in total. The zero-order chi connectivity index (χ0) is 25.4. The van der Waals surface area contributed by atoms with E-state index in [2.05, 4.69) is 47.2 Å². The lowest BCUT2D eigenvalue weighted by molar-refractivity contribution is -0.164. The molecule has 1 aromatic heterocycles. The second kappa shape index (κ2) is 13.6. The standard InChI is InChI=1S/C24H46BrN3O4SSi/c1-8-24(31-14-15-32-24)13-11-9-10-12-20(27-33(29)23(2,3)4)22-26-21(25)18-28(22)19-30-16-17-34(5,6)7/h18,20,27H,8-17,19H2,1-7H3/t20-,33?/m0/s1. The minimum atomic E-state index is -1.20. The summed E-state index contributed by atoms with van der Waals surface area (Å²) in [7, 11) is -1.14. The van der Waals surface area contributed by atoms with Crippen LogP contribution in [0, 0.1) is 0 Å². The van der Waals surface area contributed by atoms with E-state index >= 15 is 0 Å². The monoisotopic (exact) mass is 579 g/mol. The number of imidazole rings is 1. The number of nitrogens with one attached hydrogen (secondary N) is 1. The van der Waals surface area contributed by atoms with Crippen LogP contribution in [0.1, 0.15) is 78.1 Å². The molecule has 0 spiro atoms. The molecule has 0 aliphatic carbocycles. The zero-order valence-corrected chi connectivity index (χ0v) is 25.6. The summed E-state index contributed by atoms with van der Waals surface area (Å²) in [5.41, 5.74) is 0. The van der Waals surface area contributed by atoms with Crippen molar-refractivity contribution >= 4 is 35.4 Å². The quantitative estimate of drug-likeness (QED) is 0.152. The molecule has 1 saturated heterocycles. The van der Waals surface area contributed by atoms with Crippen LogP contribution in [0.5, 0.6) is 0 Å². The SMILES string of the molecule is CCC1(CCCCC[C@H](N[S+]([O-])C(C)(C)C)c2nc(Br)cn2COCC[Si](C)(C)C)OCCO1. The molecule has 2 rings (SSSR count). The summed E-state index contributed by atoms with van der Waals surface area (Å²) in [5.74, 6) is 0.477. The van der Waals surface area contributed by atoms with Gasteiger partial charge in [-0.1, -0.05) is 39.4 Å². The lowest BCUT2D eigenvalue weighted by Crippen LogP contribution is -2.42. The van der Waals surface area contributed by atoms with Crippen LogP contribution in [-0.2, 0) is 32.3 Å². The topological polar surface area (TPSA) is 80.6 Å². The Labute approximate surface area is 219 Å². The summed E-state index contributed by atoms with van der Waals surface area (Å²) in [6.45, 7) is 17.7. The minimum absolute atomic E-state index is 0.119. The third kappa shape index (κ3) is 10.2. The second-order valence-electron chi connectivity index (χ2n) is 11.4. The lowest BCUT2D eigenvalue weighted by Gasteiger charge is -2.28. The predicted molar refractivity (Wildman–Crippen MR) is 146 cm³/mol. The fourth-order valence-corrected chi connectivity index (χ4v) is 5.83. The molecule has 0 amide bonds. The number of aromatic nitrogens is 2. The Morgan fingerprint density at radius 2 is 1.94 bits per heavy atom. The molecule has 1 fully saturated rings. The van der Waals surface area contributed by atoms with Crippen LogP contribution in [0.4, 0.5) is 0 Å². The van der Waals surface area contributed by atoms with Crippen molar-refractivity contribution in [3.05, 3.63) is 16.6 Å². The lowest BCUT2D eigenvalue weighted by atomic mass is 10.0. The van der Waals surface area contributed by atoms with Crippen molar-refractivity contribution in [1.82, 2.24) is 14.3 Å². The van der Waals surface area contributed by atoms with Gasteiger partial charge in [0, 0.05) is 38.7 Å². The Bertz CT molecular complexity index is 733. The van der Waals surface area contributed by atoms with Crippen molar-refractivity contribution in [3.63, 3.8) is 0 Å². The van der Waals surface area contributed by atoms with Gasteiger partial charge >= 0.3 is 0 Å². The number of rotatable bonds is 15. The van der Waals surface area contributed by atoms with Gasteiger partial charge in [-0.25, -0.2) is 4.98 Å². The van der Waals surface area contributed by atoms with Crippen molar-refractivity contribution in [1.29, 1.82) is 0 Å². The van der Waals surface area contributed by atoms with E-state index < -0.39 is 19.4 Å². The number of unbranched alkanes of at least 4 members (excludes halogenated alkanes) is 2. The number of hydrogen-bond acceptors (Lipinski definition) is 6. The molecule has 198 valence electrons. The molecule has 1 aliphatic heterocycles. The average molecular weight is 581 g/mol. The fourth-order valence-electron chi connectivity index (χ4n) is 3.81. The van der Waals surface area contributed by atoms with E-state index in [1.807, 2.05) is 31.5 Å². The van der Waals surface area contributed by atoms with E-state index in [0.717, 1.165) is 61.6 Å². The smallest absolute Gasteiger partial charge is 0.168 e. The first-order chi connectivity index (χ1) is 15.9. The van der Waals surface area contributed by atoms with Crippen LogP contribution in [0.25, 0.3) is 0 Å². The number of ether oxygens (including phenoxy) is 3. The first-order valence-corrected chi connectivity index (χ1v) is 18.3. The maximum atomic E-state index is 13.0. The van der Waals surface area contributed by atoms with Gasteiger partial charge in [-0.2, -0.15) is 0 Å². The highest BCUT2D eigenvalue weighted by Crippen LogP contribution is 2.30. The molecule has 1 aromatic rings. The van der Waals surface area contributed by atoms with Gasteiger partial charge < -0.3 is 23.3 Å². The first-order valence-electron chi connectivity index (χ1n) is 12.6. The molecule has 10 heteroatoms. The summed E-state index contributed by atoms with van der Waals surface area (Å²) in [6.07, 6.45) is 7.70. The third-order valence-corrected chi connectivity index (χ3v) is 9.72. The average Bonchev–Trinajstić information content (AvgIpc) is 3.35. The van der Waals surface area contributed by atoms with Gasteiger partial charge in [-0.3, -0.25) is 0 Å². The van der Waals surface area contributed by atoms with Crippen molar-refractivity contribution < 1.29 is 18.8 Å². The van der Waals surface area contributed by atoms with E-state index in [1.54, 1.807) is 0 Å². The first kappa shape index (κ1) is 30.3. The Morgan fingerprint density at radius 3 is 2.53 bits per heavy atom. The second-order valence-corrected chi connectivity index (χ2v) is 19.8. The van der Waals surface area contributed by atoms with Crippen LogP contribution in [0.2, 0.25) is 25.7 Å². The highest BCUT2D eigenvalue weighted by atomic mass is 79.9. The Kier molecular flexibility index (Phi) is 12.1. The summed E-state index contributed by atoms with van der Waals surface area (Å²) < 4.78 is 36.5. The van der Waals surface area contributed by atoms with Gasteiger partial charge in [-0.05, 0) is 62.0 Å². The third-order valence-electron chi connectivity index (χ3n) is 6.02. The zero-order valence-electron chi connectivity index (χ0n) is 22.2. The highest BCUT2D eigenvalue weighted by Gasteiger charge is 2.34. The summed E-state index contributed by atoms with van der Waals surface area (Å²) in [5, 5.41) is 0. The van der Waals surface area contributed by atoms with Crippen LogP contribution in [0.3, 0.4) is 0 Å². The van der Waals surface area contributed by atoms with Gasteiger partial charge in [-0.15, -0.1) is 4.72 Å². The summed E-state index contributed by atoms with van der Waals surface area (Å²) in [6, 6.07) is 1.01. The van der Waals surface area contributed by atoms with Crippen LogP contribution in [0.15, 0.2) is 10.8 Å². The maximum absolute atomic E-state index is 13.0. The highest BCUT2D eigenvalue weighted by molar-refractivity contribution is 9.10. The summed E-state index contributed by atoms with van der Waals surface area (Å²) in [4.78, 5) is 4.73. The van der Waals surface area contributed by atoms with Crippen molar-refractivity contribution in [2.24, 2.45) is 0 Å². The predicted octanol–water partition coefficient (Wildman–Crippen LogP) is 6.15. The Hall–Kier alpha value is 0.0569. The summed E-state index contributed by atoms with van der Waals surface area (Å²) >= 11 is 2.33. The molecular weight excluding hydrogens is 534 g/mol. The van der Waals surface area contributed by atoms with Crippen LogP contribution < -0.4 is 4.72 Å². The largest absolute Gasteiger partial charge is 0.598 e. The van der Waals surface area contributed by atoms with Crippen molar-refractivity contribution in [3.8, 4) is 0 Å². The van der Waals surface area contributed by atoms with Gasteiger partial charge in [0.1, 0.15) is 27.9 Å². The molecule has 0 aromatic carbocycles. The fraction of sp³-hybridized carbons (Fsp3) is 0.875. The maximum Gasteiger partial charge on any atom is 0.168 e. The Morgan fingerprint density at radius 1 is 1.26 bits per heavy atom. The van der Waals surface area contributed by atoms with Gasteiger partial charge in [0.15, 0.2) is 5.79 Å². The van der Waals surface area contributed by atoms with Gasteiger partial charge in [0.05, 0.1) is 13.2 Å². The number of hydrogen-bond donors (Lipinski definition) is 1. The van der Waals surface area contributed by atoms with Crippen LogP contribution in [-0.4, -0.2) is 52.5 Å². The van der Waals surface area contributed by atoms with E-state index in [9.17, 15) is 4.55 Å². The molecule has 2 heterocycles. The van der Waals surface area contributed by atoms with E-state index in [0.29, 0.717) is 19.9 Å². The molecule has 1 N–H and O–H groups in total. The van der Waals surface area contributed by atoms with Gasteiger partial charge in [0.25, 0.3) is 0 Å². The minimum Gasteiger partial charge on any atom is -0.598 e. The molecule has 0 saturated carbocycles.